The van der Waals surface area contributed by atoms with Crippen LogP contribution in [0.25, 0.3) is 11.1 Å². The number of hydrogen-bond acceptors (Lipinski definition) is 3. The average molecular weight is 390 g/mol. The van der Waals surface area contributed by atoms with Gasteiger partial charge in [-0.25, -0.2) is 4.79 Å². The van der Waals surface area contributed by atoms with Crippen molar-refractivity contribution in [3.05, 3.63) is 59.7 Å². The average Bonchev–Trinajstić information content (AvgIpc) is 2.89. The Morgan fingerprint density at radius 1 is 1.17 bits per heavy atom. The minimum Gasteiger partial charge on any atom is -0.368 e. The van der Waals surface area contributed by atoms with E-state index in [1.165, 1.54) is 5.56 Å². The summed E-state index contributed by atoms with van der Waals surface area (Å²) in [6.07, 6.45) is -0.218. The number of halogens is 1. The Bertz CT molecular complexity index is 720. The van der Waals surface area contributed by atoms with Crippen LogP contribution >= 0.6 is 15.9 Å². The van der Waals surface area contributed by atoms with Crippen LogP contribution in [0.1, 0.15) is 17.3 Å². The summed E-state index contributed by atoms with van der Waals surface area (Å²) in [6, 6.07) is 16.4. The number of hydrazine groups is 1. The molecule has 1 fully saturated rings. The van der Waals surface area contributed by atoms with Gasteiger partial charge in [-0.05, 0) is 22.3 Å². The van der Waals surface area contributed by atoms with Crippen LogP contribution in [0, 0.1) is 0 Å². The lowest BCUT2D eigenvalue weighted by molar-refractivity contribution is 0.00509. The molecule has 0 radical (unpaired) electrons. The van der Waals surface area contributed by atoms with Gasteiger partial charge >= 0.3 is 6.03 Å². The predicted octanol–water partition coefficient (Wildman–Crippen LogP) is 3.72. The van der Waals surface area contributed by atoms with Crippen molar-refractivity contribution >= 4 is 22.0 Å². The van der Waals surface area contributed by atoms with E-state index in [0.29, 0.717) is 6.73 Å². The standard InChI is InChI=1S/C18H20BrN3O2/c1-21-17(22(12-24-2)20-18(21)23)16-6-4-3-5-15(16)14-9-7-13(11-19)8-10-14/h3-10,17H,11-12H2,1-2H3,(H,20,23). The maximum atomic E-state index is 12.1. The van der Waals surface area contributed by atoms with Crippen LogP contribution < -0.4 is 5.43 Å². The summed E-state index contributed by atoms with van der Waals surface area (Å²) < 4.78 is 5.23. The molecule has 1 atom stereocenters. The minimum atomic E-state index is -0.218. The zero-order valence-corrected chi connectivity index (χ0v) is 15.3. The molecule has 0 bridgehead atoms. The molecule has 126 valence electrons. The van der Waals surface area contributed by atoms with Crippen molar-refractivity contribution in [2.45, 2.75) is 11.5 Å². The van der Waals surface area contributed by atoms with E-state index in [-0.39, 0.29) is 12.2 Å². The molecule has 1 unspecified atom stereocenters. The molecular formula is C18H20BrN3O2. The molecule has 1 aliphatic heterocycles. The number of nitrogens with zero attached hydrogens (tertiary/aromatic N) is 2. The van der Waals surface area contributed by atoms with E-state index in [1.807, 2.05) is 12.1 Å². The molecule has 0 saturated carbocycles. The van der Waals surface area contributed by atoms with E-state index in [9.17, 15) is 4.79 Å². The second-order valence-electron chi connectivity index (χ2n) is 5.71. The smallest absolute Gasteiger partial charge is 0.333 e. The number of carbonyl (C=O) groups is 1. The third-order valence-electron chi connectivity index (χ3n) is 4.15. The minimum absolute atomic E-state index is 0.138. The fourth-order valence-corrected chi connectivity index (χ4v) is 3.33. The predicted molar refractivity (Wildman–Crippen MR) is 97.3 cm³/mol. The first kappa shape index (κ1) is 17.0. The van der Waals surface area contributed by atoms with E-state index in [2.05, 4.69) is 57.8 Å². The lowest BCUT2D eigenvalue weighted by atomic mass is 9.96. The molecule has 0 aromatic heterocycles. The molecule has 6 heteroatoms. The number of alkyl halides is 1. The highest BCUT2D eigenvalue weighted by atomic mass is 79.9. The Morgan fingerprint density at radius 3 is 2.54 bits per heavy atom. The topological polar surface area (TPSA) is 44.8 Å². The van der Waals surface area contributed by atoms with Gasteiger partial charge in [-0.3, -0.25) is 5.43 Å². The SMILES string of the molecule is COCN1NC(=O)N(C)C1c1ccccc1-c1ccc(CBr)cc1. The van der Waals surface area contributed by atoms with Gasteiger partial charge in [0.1, 0.15) is 12.9 Å². The number of ether oxygens (including phenoxy) is 1. The highest BCUT2D eigenvalue weighted by molar-refractivity contribution is 9.08. The first-order chi connectivity index (χ1) is 11.7. The number of amides is 2. The molecule has 24 heavy (non-hydrogen) atoms. The Labute approximate surface area is 150 Å². The first-order valence-corrected chi connectivity index (χ1v) is 8.81. The highest BCUT2D eigenvalue weighted by Crippen LogP contribution is 2.34. The molecule has 2 amide bonds. The summed E-state index contributed by atoms with van der Waals surface area (Å²) >= 11 is 3.47. The van der Waals surface area contributed by atoms with Crippen LogP contribution in [-0.4, -0.2) is 36.8 Å². The van der Waals surface area contributed by atoms with E-state index in [1.54, 1.807) is 24.1 Å². The van der Waals surface area contributed by atoms with Gasteiger partial charge in [0.2, 0.25) is 0 Å². The molecule has 0 aliphatic carbocycles. The van der Waals surface area contributed by atoms with Gasteiger partial charge in [-0.2, -0.15) is 5.01 Å². The third-order valence-corrected chi connectivity index (χ3v) is 4.80. The normalized spacial score (nSPS) is 18.0. The van der Waals surface area contributed by atoms with Crippen LogP contribution in [0.15, 0.2) is 48.5 Å². The van der Waals surface area contributed by atoms with Crippen LogP contribution in [0.4, 0.5) is 4.79 Å². The second-order valence-corrected chi connectivity index (χ2v) is 6.27. The van der Waals surface area contributed by atoms with E-state index in [4.69, 9.17) is 4.74 Å². The van der Waals surface area contributed by atoms with Crippen molar-refractivity contribution in [2.75, 3.05) is 20.9 Å². The summed E-state index contributed by atoms with van der Waals surface area (Å²) in [7, 11) is 3.41. The fraction of sp³-hybridized carbons (Fsp3) is 0.278. The zero-order valence-electron chi connectivity index (χ0n) is 13.7. The molecule has 3 rings (SSSR count). The molecule has 5 nitrogen and oxygen atoms in total. The summed E-state index contributed by atoms with van der Waals surface area (Å²) in [5.41, 5.74) is 7.36. The first-order valence-electron chi connectivity index (χ1n) is 7.69. The fourth-order valence-electron chi connectivity index (χ4n) is 2.96. The maximum absolute atomic E-state index is 12.1. The number of carbonyl (C=O) groups excluding carboxylic acids is 1. The summed E-state index contributed by atoms with van der Waals surface area (Å²) in [6.45, 7) is 0.317. The van der Waals surface area contributed by atoms with Crippen molar-refractivity contribution in [2.24, 2.45) is 0 Å². The van der Waals surface area contributed by atoms with Gasteiger partial charge in [-0.15, -0.1) is 0 Å². The van der Waals surface area contributed by atoms with Crippen molar-refractivity contribution in [3.8, 4) is 11.1 Å². The number of nitrogens with one attached hydrogen (secondary N) is 1. The van der Waals surface area contributed by atoms with E-state index < -0.39 is 0 Å². The Balaban J connectivity index is 2.03. The second kappa shape index (κ2) is 7.34. The number of benzene rings is 2. The summed E-state index contributed by atoms with van der Waals surface area (Å²) in [5.74, 6) is 0. The van der Waals surface area contributed by atoms with Gasteiger partial charge in [0.25, 0.3) is 0 Å². The lowest BCUT2D eigenvalue weighted by Crippen LogP contribution is -2.36. The van der Waals surface area contributed by atoms with Crippen molar-refractivity contribution in [1.82, 2.24) is 15.3 Å². The molecule has 2 aromatic rings. The maximum Gasteiger partial charge on any atom is 0.333 e. The molecule has 1 heterocycles. The number of methoxy groups -OCH3 is 1. The summed E-state index contributed by atoms with van der Waals surface area (Å²) in [5, 5.41) is 2.63. The molecular weight excluding hydrogens is 370 g/mol. The number of rotatable bonds is 5. The van der Waals surface area contributed by atoms with E-state index >= 15 is 0 Å². The monoisotopic (exact) mass is 389 g/mol. The molecule has 1 N–H and O–H groups in total. The molecule has 1 aliphatic rings. The van der Waals surface area contributed by atoms with Crippen LogP contribution in [0.2, 0.25) is 0 Å². The third kappa shape index (κ3) is 3.17. The molecule has 0 spiro atoms. The van der Waals surface area contributed by atoms with Crippen LogP contribution in [-0.2, 0) is 10.1 Å². The van der Waals surface area contributed by atoms with Crippen molar-refractivity contribution in [1.29, 1.82) is 0 Å². The Hall–Kier alpha value is -1.89. The van der Waals surface area contributed by atoms with Gasteiger partial charge in [0.15, 0.2) is 0 Å². The summed E-state index contributed by atoms with van der Waals surface area (Å²) in [4.78, 5) is 13.8. The molecule has 1 saturated heterocycles. The van der Waals surface area contributed by atoms with Crippen LogP contribution in [0.3, 0.4) is 0 Å². The van der Waals surface area contributed by atoms with Crippen molar-refractivity contribution < 1.29 is 9.53 Å². The van der Waals surface area contributed by atoms with Gasteiger partial charge < -0.3 is 9.64 Å². The van der Waals surface area contributed by atoms with Crippen molar-refractivity contribution in [3.63, 3.8) is 0 Å². The quantitative estimate of drug-likeness (QED) is 0.792. The lowest BCUT2D eigenvalue weighted by Gasteiger charge is -2.27. The molecule has 2 aromatic carbocycles. The van der Waals surface area contributed by atoms with E-state index in [0.717, 1.165) is 22.0 Å². The highest BCUT2D eigenvalue weighted by Gasteiger charge is 2.37. The Morgan fingerprint density at radius 2 is 1.88 bits per heavy atom. The van der Waals surface area contributed by atoms with Gasteiger partial charge in [-0.1, -0.05) is 64.5 Å². The number of urea groups is 1. The van der Waals surface area contributed by atoms with Crippen LogP contribution in [0.5, 0.6) is 0 Å². The Kier molecular flexibility index (Phi) is 5.18. The zero-order chi connectivity index (χ0) is 17.1. The van der Waals surface area contributed by atoms with Gasteiger partial charge in [0, 0.05) is 19.5 Å². The number of hydrogen-bond donors (Lipinski definition) is 1. The van der Waals surface area contributed by atoms with Gasteiger partial charge in [0.05, 0.1) is 0 Å². The largest absolute Gasteiger partial charge is 0.368 e.